The van der Waals surface area contributed by atoms with Crippen molar-refractivity contribution in [3.8, 4) is 5.75 Å². The number of nitrogens with zero attached hydrogens (tertiary/aromatic N) is 1. The number of carbonyl (C=O) groups is 1. The lowest BCUT2D eigenvalue weighted by molar-refractivity contribution is -0.120. The maximum atomic E-state index is 12.6. The number of para-hydroxylation sites is 1. The summed E-state index contributed by atoms with van der Waals surface area (Å²) in [6, 6.07) is 14.9. The van der Waals surface area contributed by atoms with Crippen molar-refractivity contribution in [3.05, 3.63) is 58.6 Å². The molecule has 0 aliphatic carbocycles. The molecule has 0 fully saturated rings. The van der Waals surface area contributed by atoms with Crippen molar-refractivity contribution in [3.63, 3.8) is 0 Å². The Bertz CT molecular complexity index is 659. The Morgan fingerprint density at radius 2 is 1.91 bits per heavy atom. The van der Waals surface area contributed by atoms with Crippen molar-refractivity contribution in [1.82, 2.24) is 0 Å². The first-order valence-electron chi connectivity index (χ1n) is 7.42. The molecule has 0 unspecified atom stereocenters. The van der Waals surface area contributed by atoms with Crippen LogP contribution in [0.4, 0.5) is 5.69 Å². The predicted molar refractivity (Wildman–Crippen MR) is 94.6 cm³/mol. The molecular formula is C18H20BrNO3. The Balaban J connectivity index is 2.11. The highest BCUT2D eigenvalue weighted by Crippen LogP contribution is 2.24. The van der Waals surface area contributed by atoms with Crippen molar-refractivity contribution in [2.24, 2.45) is 0 Å². The number of carbonyl (C=O) groups excluding carboxylic acids is 1. The quantitative estimate of drug-likeness (QED) is 0.833. The molecule has 23 heavy (non-hydrogen) atoms. The third kappa shape index (κ3) is 4.56. The van der Waals surface area contributed by atoms with Crippen LogP contribution in [-0.2, 0) is 11.4 Å². The van der Waals surface area contributed by atoms with Crippen molar-refractivity contribution < 1.29 is 14.6 Å². The van der Waals surface area contributed by atoms with Gasteiger partial charge in [0.25, 0.3) is 5.91 Å². The van der Waals surface area contributed by atoms with E-state index in [-0.39, 0.29) is 25.2 Å². The Morgan fingerprint density at radius 3 is 2.52 bits per heavy atom. The van der Waals surface area contributed by atoms with Gasteiger partial charge in [0.2, 0.25) is 0 Å². The number of aliphatic hydroxyl groups excluding tert-OH is 1. The van der Waals surface area contributed by atoms with Crippen LogP contribution >= 0.6 is 15.9 Å². The van der Waals surface area contributed by atoms with Crippen LogP contribution in [0.15, 0.2) is 53.0 Å². The van der Waals surface area contributed by atoms with Crippen LogP contribution in [0.25, 0.3) is 0 Å². The summed E-state index contributed by atoms with van der Waals surface area (Å²) < 4.78 is 6.48. The molecular weight excluding hydrogens is 358 g/mol. The molecule has 1 amide bonds. The number of ether oxygens (including phenoxy) is 1. The average Bonchev–Trinajstić information content (AvgIpc) is 2.54. The van der Waals surface area contributed by atoms with Gasteiger partial charge < -0.3 is 14.7 Å². The van der Waals surface area contributed by atoms with Crippen LogP contribution in [0.3, 0.4) is 0 Å². The Kier molecular flexibility index (Phi) is 6.19. The maximum absolute atomic E-state index is 12.6. The van der Waals surface area contributed by atoms with Crippen LogP contribution in [0.5, 0.6) is 5.75 Å². The number of rotatable bonds is 6. The second kappa shape index (κ2) is 8.13. The van der Waals surface area contributed by atoms with Crippen LogP contribution < -0.4 is 9.64 Å². The van der Waals surface area contributed by atoms with E-state index in [1.165, 1.54) is 0 Å². The summed E-state index contributed by atoms with van der Waals surface area (Å²) in [4.78, 5) is 14.3. The number of hydrogen-bond acceptors (Lipinski definition) is 3. The maximum Gasteiger partial charge on any atom is 0.265 e. The number of benzene rings is 2. The molecule has 0 bridgehead atoms. The van der Waals surface area contributed by atoms with Gasteiger partial charge in [0.05, 0.1) is 6.61 Å². The van der Waals surface area contributed by atoms with Crippen LogP contribution in [0, 0.1) is 0 Å². The number of hydrogen-bond donors (Lipinski definition) is 1. The summed E-state index contributed by atoms with van der Waals surface area (Å²) in [6.07, 6.45) is 0. The first kappa shape index (κ1) is 17.5. The standard InChI is InChI=1S/C18H20BrNO3/c1-13(2)20(16-6-4-3-5-7-16)18(22)12-23-17-9-8-15(19)10-14(17)11-21/h3-10,13,21H,11-12H2,1-2H3. The van der Waals surface area contributed by atoms with E-state index in [0.717, 1.165) is 10.2 Å². The average molecular weight is 378 g/mol. The first-order chi connectivity index (χ1) is 11.0. The molecule has 2 aromatic carbocycles. The number of aliphatic hydroxyl groups is 1. The molecule has 1 N–H and O–H groups in total. The highest BCUT2D eigenvalue weighted by Gasteiger charge is 2.19. The zero-order chi connectivity index (χ0) is 16.8. The topological polar surface area (TPSA) is 49.8 Å². The SMILES string of the molecule is CC(C)N(C(=O)COc1ccc(Br)cc1CO)c1ccccc1. The lowest BCUT2D eigenvalue weighted by Crippen LogP contribution is -2.40. The number of halogens is 1. The van der Waals surface area contributed by atoms with Gasteiger partial charge in [0.15, 0.2) is 6.61 Å². The zero-order valence-electron chi connectivity index (χ0n) is 13.2. The van der Waals surface area contributed by atoms with Gasteiger partial charge in [-0.1, -0.05) is 34.1 Å². The normalized spacial score (nSPS) is 10.7. The number of amides is 1. The molecule has 0 aliphatic heterocycles. The minimum Gasteiger partial charge on any atom is -0.483 e. The molecule has 0 aliphatic rings. The minimum atomic E-state index is -0.143. The van der Waals surface area contributed by atoms with Crippen LogP contribution in [-0.4, -0.2) is 23.7 Å². The molecule has 0 heterocycles. The second-order valence-electron chi connectivity index (χ2n) is 5.39. The largest absolute Gasteiger partial charge is 0.483 e. The Hall–Kier alpha value is -1.85. The number of anilines is 1. The van der Waals surface area contributed by atoms with E-state index in [4.69, 9.17) is 4.74 Å². The minimum absolute atomic E-state index is 0.0238. The van der Waals surface area contributed by atoms with Crippen molar-refractivity contribution in [2.45, 2.75) is 26.5 Å². The third-order valence-corrected chi connectivity index (χ3v) is 3.86. The molecule has 122 valence electrons. The van der Waals surface area contributed by atoms with E-state index in [9.17, 15) is 9.90 Å². The zero-order valence-corrected chi connectivity index (χ0v) is 14.8. The molecule has 0 radical (unpaired) electrons. The highest BCUT2D eigenvalue weighted by molar-refractivity contribution is 9.10. The van der Waals surface area contributed by atoms with Gasteiger partial charge in [-0.25, -0.2) is 0 Å². The molecule has 4 nitrogen and oxygen atoms in total. The molecule has 0 spiro atoms. The van der Waals surface area contributed by atoms with Gasteiger partial charge in [-0.3, -0.25) is 4.79 Å². The summed E-state index contributed by atoms with van der Waals surface area (Å²) in [5.74, 6) is 0.388. The fourth-order valence-corrected chi connectivity index (χ4v) is 2.75. The summed E-state index contributed by atoms with van der Waals surface area (Å²) >= 11 is 3.35. The molecule has 0 saturated carbocycles. The Labute approximate surface area is 144 Å². The van der Waals surface area contributed by atoms with Gasteiger partial charge in [-0.2, -0.15) is 0 Å². The van der Waals surface area contributed by atoms with E-state index < -0.39 is 0 Å². The molecule has 5 heteroatoms. The van der Waals surface area contributed by atoms with Crippen LogP contribution in [0.1, 0.15) is 19.4 Å². The summed E-state index contributed by atoms with van der Waals surface area (Å²) in [6.45, 7) is 3.70. The van der Waals surface area contributed by atoms with Crippen molar-refractivity contribution >= 4 is 27.5 Å². The van der Waals surface area contributed by atoms with E-state index in [1.807, 2.05) is 50.2 Å². The molecule has 0 aromatic heterocycles. The van der Waals surface area contributed by atoms with E-state index in [2.05, 4.69) is 15.9 Å². The van der Waals surface area contributed by atoms with Gasteiger partial charge in [0.1, 0.15) is 5.75 Å². The summed E-state index contributed by atoms with van der Waals surface area (Å²) in [5, 5.41) is 9.39. The lowest BCUT2D eigenvalue weighted by atomic mass is 10.2. The first-order valence-corrected chi connectivity index (χ1v) is 8.21. The monoisotopic (exact) mass is 377 g/mol. The van der Waals surface area contributed by atoms with E-state index in [0.29, 0.717) is 11.3 Å². The van der Waals surface area contributed by atoms with Crippen LogP contribution in [0.2, 0.25) is 0 Å². The molecule has 0 saturated heterocycles. The predicted octanol–water partition coefficient (Wildman–Crippen LogP) is 3.76. The molecule has 2 rings (SSSR count). The van der Waals surface area contributed by atoms with Gasteiger partial charge in [-0.15, -0.1) is 0 Å². The molecule has 0 atom stereocenters. The summed E-state index contributed by atoms with van der Waals surface area (Å²) in [7, 11) is 0. The van der Waals surface area contributed by atoms with Gasteiger partial charge >= 0.3 is 0 Å². The fourth-order valence-electron chi connectivity index (χ4n) is 2.34. The van der Waals surface area contributed by atoms with Gasteiger partial charge in [-0.05, 0) is 44.2 Å². The third-order valence-electron chi connectivity index (χ3n) is 3.36. The smallest absolute Gasteiger partial charge is 0.265 e. The fraction of sp³-hybridized carbons (Fsp3) is 0.278. The van der Waals surface area contributed by atoms with Crippen molar-refractivity contribution in [2.75, 3.05) is 11.5 Å². The Morgan fingerprint density at radius 1 is 1.22 bits per heavy atom. The summed E-state index contributed by atoms with van der Waals surface area (Å²) in [5.41, 5.74) is 1.48. The van der Waals surface area contributed by atoms with E-state index in [1.54, 1.807) is 17.0 Å². The molecule has 2 aromatic rings. The van der Waals surface area contributed by atoms with Gasteiger partial charge in [0, 0.05) is 21.8 Å². The highest BCUT2D eigenvalue weighted by atomic mass is 79.9. The lowest BCUT2D eigenvalue weighted by Gasteiger charge is -2.27. The van der Waals surface area contributed by atoms with E-state index >= 15 is 0 Å². The second-order valence-corrected chi connectivity index (χ2v) is 6.31. The van der Waals surface area contributed by atoms with Crippen molar-refractivity contribution in [1.29, 1.82) is 0 Å².